The second kappa shape index (κ2) is 7.65. The van der Waals surface area contributed by atoms with E-state index in [0.29, 0.717) is 6.04 Å². The van der Waals surface area contributed by atoms with Crippen molar-refractivity contribution in [3.05, 3.63) is 10.6 Å². The Morgan fingerprint density at radius 2 is 2.05 bits per heavy atom. The van der Waals surface area contributed by atoms with E-state index in [1.165, 1.54) is 24.1 Å². The summed E-state index contributed by atoms with van der Waals surface area (Å²) in [5.74, 6) is 0.753. The fourth-order valence-corrected chi connectivity index (χ4v) is 3.81. The van der Waals surface area contributed by atoms with Gasteiger partial charge in [-0.1, -0.05) is 32.2 Å². The van der Waals surface area contributed by atoms with E-state index in [4.69, 9.17) is 4.74 Å². The minimum absolute atomic E-state index is 0.0597. The molecular formula is C16H29N3OS. The smallest absolute Gasteiger partial charge is 0.0857 e. The Labute approximate surface area is 132 Å². The molecule has 21 heavy (non-hydrogen) atoms. The fraction of sp³-hybridized carbons (Fsp3) is 0.875. The average molecular weight is 311 g/mol. The Hall–Kier alpha value is -0.520. The summed E-state index contributed by atoms with van der Waals surface area (Å²) in [7, 11) is 0. The van der Waals surface area contributed by atoms with Gasteiger partial charge in [0.05, 0.1) is 10.6 Å². The van der Waals surface area contributed by atoms with Crippen LogP contribution in [0.2, 0.25) is 0 Å². The van der Waals surface area contributed by atoms with Crippen LogP contribution >= 0.6 is 11.5 Å². The van der Waals surface area contributed by atoms with E-state index in [-0.39, 0.29) is 5.41 Å². The summed E-state index contributed by atoms with van der Waals surface area (Å²) in [6, 6.07) is 0.391. The molecule has 1 N–H and O–H groups in total. The molecule has 0 spiro atoms. The third kappa shape index (κ3) is 4.73. The summed E-state index contributed by atoms with van der Waals surface area (Å²) in [6.07, 6.45) is 4.69. The topological polar surface area (TPSA) is 47.0 Å². The lowest BCUT2D eigenvalue weighted by molar-refractivity contribution is 0.0606. The number of rotatable bonds is 6. The molecule has 0 bridgehead atoms. The summed E-state index contributed by atoms with van der Waals surface area (Å²) in [6.45, 7) is 11.8. The summed E-state index contributed by atoms with van der Waals surface area (Å²) in [5.41, 5.74) is 1.22. The maximum atomic E-state index is 5.49. The average Bonchev–Trinajstić information content (AvgIpc) is 2.94. The van der Waals surface area contributed by atoms with Crippen LogP contribution in [0.3, 0.4) is 0 Å². The third-order valence-corrected chi connectivity index (χ3v) is 4.93. The monoisotopic (exact) mass is 311 g/mol. The zero-order valence-electron chi connectivity index (χ0n) is 13.8. The largest absolute Gasteiger partial charge is 0.381 e. The van der Waals surface area contributed by atoms with Crippen molar-refractivity contribution >= 4 is 11.5 Å². The van der Waals surface area contributed by atoms with E-state index in [9.17, 15) is 0 Å². The highest BCUT2D eigenvalue weighted by molar-refractivity contribution is 7.05. The normalized spacial score (nSPS) is 18.9. The Morgan fingerprint density at radius 1 is 1.33 bits per heavy atom. The van der Waals surface area contributed by atoms with Gasteiger partial charge in [0.2, 0.25) is 0 Å². The lowest BCUT2D eigenvalue weighted by Gasteiger charge is -2.28. The van der Waals surface area contributed by atoms with Crippen LogP contribution in [0.4, 0.5) is 0 Å². The van der Waals surface area contributed by atoms with Crippen molar-refractivity contribution in [3.63, 3.8) is 0 Å². The van der Waals surface area contributed by atoms with Gasteiger partial charge in [0.15, 0.2) is 0 Å². The lowest BCUT2D eigenvalue weighted by Crippen LogP contribution is -2.28. The highest BCUT2D eigenvalue weighted by Gasteiger charge is 2.29. The Balaban J connectivity index is 2.13. The van der Waals surface area contributed by atoms with Gasteiger partial charge < -0.3 is 10.1 Å². The van der Waals surface area contributed by atoms with Gasteiger partial charge in [-0.05, 0) is 49.7 Å². The molecular weight excluding hydrogens is 282 g/mol. The minimum atomic E-state index is 0.0597. The van der Waals surface area contributed by atoms with E-state index >= 15 is 0 Å². The molecule has 2 heterocycles. The molecule has 5 heteroatoms. The van der Waals surface area contributed by atoms with Crippen molar-refractivity contribution in [2.24, 2.45) is 5.92 Å². The van der Waals surface area contributed by atoms with Crippen molar-refractivity contribution < 1.29 is 4.74 Å². The predicted molar refractivity (Wildman–Crippen MR) is 87.8 cm³/mol. The van der Waals surface area contributed by atoms with E-state index in [1.54, 1.807) is 11.5 Å². The highest BCUT2D eigenvalue weighted by Crippen LogP contribution is 2.35. The third-order valence-electron chi connectivity index (χ3n) is 4.09. The summed E-state index contributed by atoms with van der Waals surface area (Å²) in [4.78, 5) is 1.34. The van der Waals surface area contributed by atoms with Gasteiger partial charge in [0.1, 0.15) is 0 Å². The van der Waals surface area contributed by atoms with Crippen molar-refractivity contribution in [3.8, 4) is 0 Å². The molecule has 1 aromatic rings. The van der Waals surface area contributed by atoms with Crippen LogP contribution in [0.1, 0.15) is 70.0 Å². The number of hydrogen-bond acceptors (Lipinski definition) is 5. The molecule has 0 aromatic carbocycles. The summed E-state index contributed by atoms with van der Waals surface area (Å²) < 4.78 is 9.73. The molecule has 0 amide bonds. The zero-order chi connectivity index (χ0) is 15.3. The molecule has 120 valence electrons. The lowest BCUT2D eigenvalue weighted by atomic mass is 9.86. The van der Waals surface area contributed by atoms with Gasteiger partial charge in [-0.3, -0.25) is 0 Å². The molecule has 0 saturated carbocycles. The van der Waals surface area contributed by atoms with E-state index in [0.717, 1.165) is 37.8 Å². The van der Waals surface area contributed by atoms with E-state index < -0.39 is 0 Å². The Morgan fingerprint density at radius 3 is 2.67 bits per heavy atom. The van der Waals surface area contributed by atoms with Crippen molar-refractivity contribution in [1.82, 2.24) is 14.9 Å². The van der Waals surface area contributed by atoms with E-state index in [1.807, 2.05) is 0 Å². The number of aromatic nitrogens is 2. The predicted octanol–water partition coefficient (Wildman–Crippen LogP) is 3.69. The number of nitrogens with one attached hydrogen (secondary N) is 1. The van der Waals surface area contributed by atoms with Gasteiger partial charge in [0.25, 0.3) is 0 Å². The maximum Gasteiger partial charge on any atom is 0.0857 e. The molecule has 1 aliphatic heterocycles. The van der Waals surface area contributed by atoms with Crippen LogP contribution in [0.25, 0.3) is 0 Å². The molecule has 1 atom stereocenters. The van der Waals surface area contributed by atoms with Crippen molar-refractivity contribution in [2.45, 2.75) is 64.8 Å². The van der Waals surface area contributed by atoms with Crippen LogP contribution in [-0.4, -0.2) is 29.3 Å². The quantitative estimate of drug-likeness (QED) is 0.870. The number of nitrogens with zero attached hydrogens (tertiary/aromatic N) is 2. The molecule has 4 nitrogen and oxygen atoms in total. The van der Waals surface area contributed by atoms with Gasteiger partial charge in [-0.2, -0.15) is 0 Å². The van der Waals surface area contributed by atoms with Gasteiger partial charge in [-0.15, -0.1) is 5.10 Å². The van der Waals surface area contributed by atoms with Gasteiger partial charge >= 0.3 is 0 Å². The number of ether oxygens (including phenoxy) is 1. The number of hydrogen-bond donors (Lipinski definition) is 1. The fourth-order valence-electron chi connectivity index (χ4n) is 2.86. The first-order chi connectivity index (χ1) is 10.0. The first kappa shape index (κ1) is 16.8. The van der Waals surface area contributed by atoms with Crippen molar-refractivity contribution in [2.75, 3.05) is 19.8 Å². The second-order valence-corrected chi connectivity index (χ2v) is 7.82. The molecule has 1 fully saturated rings. The first-order valence-corrected chi connectivity index (χ1v) is 8.93. The Bertz CT molecular complexity index is 421. The zero-order valence-corrected chi connectivity index (χ0v) is 14.6. The second-order valence-electron chi connectivity index (χ2n) is 7.03. The van der Waals surface area contributed by atoms with Gasteiger partial charge in [0, 0.05) is 24.7 Å². The van der Waals surface area contributed by atoms with Crippen LogP contribution in [0.15, 0.2) is 0 Å². The maximum absolute atomic E-state index is 5.49. The first-order valence-electron chi connectivity index (χ1n) is 8.16. The van der Waals surface area contributed by atoms with Crippen LogP contribution in [0, 0.1) is 5.92 Å². The molecule has 1 aliphatic rings. The molecule has 1 aromatic heterocycles. The molecule has 0 aliphatic carbocycles. The van der Waals surface area contributed by atoms with E-state index in [2.05, 4.69) is 42.6 Å². The highest BCUT2D eigenvalue weighted by atomic mass is 32.1. The van der Waals surface area contributed by atoms with Crippen LogP contribution in [0.5, 0.6) is 0 Å². The minimum Gasteiger partial charge on any atom is -0.381 e. The molecule has 0 radical (unpaired) electrons. The molecule has 1 saturated heterocycles. The van der Waals surface area contributed by atoms with Crippen molar-refractivity contribution in [1.29, 1.82) is 0 Å². The summed E-state index contributed by atoms with van der Waals surface area (Å²) in [5, 5.41) is 8.13. The SMILES string of the molecule is CCCNC(CC1CCOCC1)c1snnc1C(C)(C)C. The molecule has 1 unspecified atom stereocenters. The summed E-state index contributed by atoms with van der Waals surface area (Å²) >= 11 is 1.57. The van der Waals surface area contributed by atoms with Crippen LogP contribution in [-0.2, 0) is 10.2 Å². The molecule has 2 rings (SSSR count). The standard InChI is InChI=1S/C16H29N3OS/c1-5-8-17-13(11-12-6-9-20-10-7-12)14-15(16(2,3)4)18-19-21-14/h12-13,17H,5-11H2,1-4H3. The van der Waals surface area contributed by atoms with Gasteiger partial charge in [-0.25, -0.2) is 0 Å². The Kier molecular flexibility index (Phi) is 6.14. The van der Waals surface area contributed by atoms with Crippen LogP contribution < -0.4 is 5.32 Å².